The fourth-order valence-corrected chi connectivity index (χ4v) is 2.36. The number of hydrogen-bond donors (Lipinski definition) is 0. The molecule has 4 nitrogen and oxygen atoms in total. The number of esters is 1. The Kier molecular flexibility index (Phi) is 5.26. The summed E-state index contributed by atoms with van der Waals surface area (Å²) >= 11 is -1.59. The van der Waals surface area contributed by atoms with Crippen molar-refractivity contribution in [1.29, 1.82) is 0 Å². The third-order valence-corrected chi connectivity index (χ3v) is 4.29. The second-order valence-electron chi connectivity index (χ2n) is 5.00. The fraction of sp³-hybridized carbons (Fsp3) is 0.500. The molecule has 0 saturated heterocycles. The lowest BCUT2D eigenvalue weighted by Gasteiger charge is -2.27. The maximum Gasteiger partial charge on any atom is 0.313 e. The lowest BCUT2D eigenvalue weighted by Crippen LogP contribution is -2.38. The van der Waals surface area contributed by atoms with Crippen LogP contribution in [0, 0.1) is 12.3 Å². The van der Waals surface area contributed by atoms with Crippen LogP contribution in [0.1, 0.15) is 26.3 Å². The zero-order chi connectivity index (χ0) is 14.6. The van der Waals surface area contributed by atoms with Gasteiger partial charge in [0.2, 0.25) is 0 Å². The standard InChI is InChI=1S/C14H20O4S/c1-10-6-8-12(9-7-10)19(16)18-11(2)14(3,4)13(15)17-5/h6-9,11H,1-5H3. The van der Waals surface area contributed by atoms with Crippen molar-refractivity contribution < 1.29 is 17.9 Å². The summed E-state index contributed by atoms with van der Waals surface area (Å²) in [4.78, 5) is 12.2. The third-order valence-electron chi connectivity index (χ3n) is 3.17. The summed E-state index contributed by atoms with van der Waals surface area (Å²) in [7, 11) is 1.33. The van der Waals surface area contributed by atoms with Gasteiger partial charge in [0.1, 0.15) is 0 Å². The van der Waals surface area contributed by atoms with E-state index in [4.69, 9.17) is 8.92 Å². The Morgan fingerprint density at radius 3 is 2.26 bits per heavy atom. The summed E-state index contributed by atoms with van der Waals surface area (Å²) in [5.74, 6) is -0.388. The first-order chi connectivity index (χ1) is 8.78. The Labute approximate surface area is 116 Å². The van der Waals surface area contributed by atoms with Gasteiger partial charge in [0.05, 0.1) is 23.5 Å². The van der Waals surface area contributed by atoms with Crippen LogP contribution in [0.4, 0.5) is 0 Å². The van der Waals surface area contributed by atoms with Gasteiger partial charge in [0.25, 0.3) is 0 Å². The predicted molar refractivity (Wildman–Crippen MR) is 73.9 cm³/mol. The number of benzene rings is 1. The van der Waals surface area contributed by atoms with E-state index in [1.165, 1.54) is 7.11 Å². The molecule has 2 unspecified atom stereocenters. The monoisotopic (exact) mass is 284 g/mol. The van der Waals surface area contributed by atoms with Crippen LogP contribution in [-0.2, 0) is 24.8 Å². The van der Waals surface area contributed by atoms with Gasteiger partial charge in [-0.2, -0.15) is 0 Å². The van der Waals surface area contributed by atoms with Crippen molar-refractivity contribution in [3.8, 4) is 0 Å². The van der Waals surface area contributed by atoms with Gasteiger partial charge in [-0.25, -0.2) is 4.21 Å². The lowest BCUT2D eigenvalue weighted by molar-refractivity contribution is -0.155. The van der Waals surface area contributed by atoms with Gasteiger partial charge in [0, 0.05) is 0 Å². The first-order valence-electron chi connectivity index (χ1n) is 6.03. The molecule has 1 aromatic carbocycles. The van der Waals surface area contributed by atoms with Crippen LogP contribution in [0.5, 0.6) is 0 Å². The molecule has 0 heterocycles. The highest BCUT2D eigenvalue weighted by atomic mass is 32.2. The van der Waals surface area contributed by atoms with E-state index >= 15 is 0 Å². The molecule has 0 radical (unpaired) electrons. The van der Waals surface area contributed by atoms with Crippen molar-refractivity contribution in [2.24, 2.45) is 5.41 Å². The van der Waals surface area contributed by atoms with Gasteiger partial charge in [-0.05, 0) is 39.8 Å². The zero-order valence-electron chi connectivity index (χ0n) is 11.9. The van der Waals surface area contributed by atoms with E-state index < -0.39 is 22.6 Å². The summed E-state index contributed by atoms with van der Waals surface area (Å²) in [6, 6.07) is 7.24. The molecule has 19 heavy (non-hydrogen) atoms. The smallest absolute Gasteiger partial charge is 0.313 e. The number of carbonyl (C=O) groups excluding carboxylic acids is 1. The predicted octanol–water partition coefficient (Wildman–Crippen LogP) is 2.62. The van der Waals surface area contributed by atoms with Gasteiger partial charge in [-0.3, -0.25) is 8.98 Å². The van der Waals surface area contributed by atoms with Crippen LogP contribution in [0.25, 0.3) is 0 Å². The number of carbonyl (C=O) groups is 1. The minimum atomic E-state index is -1.59. The Morgan fingerprint density at radius 2 is 1.79 bits per heavy atom. The molecule has 2 atom stereocenters. The van der Waals surface area contributed by atoms with Gasteiger partial charge >= 0.3 is 5.97 Å². The van der Waals surface area contributed by atoms with E-state index in [0.29, 0.717) is 4.90 Å². The van der Waals surface area contributed by atoms with Crippen LogP contribution in [-0.4, -0.2) is 23.4 Å². The van der Waals surface area contributed by atoms with Gasteiger partial charge < -0.3 is 4.74 Å². The molecule has 0 aliphatic carbocycles. The molecule has 1 rings (SSSR count). The zero-order valence-corrected chi connectivity index (χ0v) is 12.7. The SMILES string of the molecule is COC(=O)C(C)(C)C(C)OS(=O)c1ccc(C)cc1. The maximum absolute atomic E-state index is 12.1. The summed E-state index contributed by atoms with van der Waals surface area (Å²) in [5, 5.41) is 0. The quantitative estimate of drug-likeness (QED) is 0.780. The van der Waals surface area contributed by atoms with E-state index in [2.05, 4.69) is 0 Å². The molecule has 1 aromatic rings. The molecule has 0 bridgehead atoms. The van der Waals surface area contributed by atoms with Crippen molar-refractivity contribution in [2.75, 3.05) is 7.11 Å². The first-order valence-corrected chi connectivity index (χ1v) is 7.10. The molecule has 5 heteroatoms. The highest BCUT2D eigenvalue weighted by molar-refractivity contribution is 7.80. The van der Waals surface area contributed by atoms with Crippen molar-refractivity contribution >= 4 is 17.0 Å². The fourth-order valence-electron chi connectivity index (χ4n) is 1.39. The topological polar surface area (TPSA) is 52.6 Å². The van der Waals surface area contributed by atoms with Gasteiger partial charge in [-0.15, -0.1) is 0 Å². The number of rotatable bonds is 5. The number of aryl methyl sites for hydroxylation is 1. The molecule has 0 aliphatic rings. The molecule has 0 N–H and O–H groups in total. The summed E-state index contributed by atoms with van der Waals surface area (Å²) in [5.41, 5.74) is 0.235. The second-order valence-corrected chi connectivity index (χ2v) is 6.13. The molecular weight excluding hydrogens is 264 g/mol. The second kappa shape index (κ2) is 6.30. The molecule has 0 amide bonds. The van der Waals surface area contributed by atoms with Crippen molar-refractivity contribution in [3.05, 3.63) is 29.8 Å². The van der Waals surface area contributed by atoms with Crippen LogP contribution in [0.2, 0.25) is 0 Å². The average molecular weight is 284 g/mol. The summed E-state index contributed by atoms with van der Waals surface area (Å²) in [6.07, 6.45) is -0.526. The Balaban J connectivity index is 2.76. The Bertz CT molecular complexity index is 465. The van der Waals surface area contributed by atoms with E-state index in [0.717, 1.165) is 5.56 Å². The van der Waals surface area contributed by atoms with Crippen LogP contribution < -0.4 is 0 Å². The number of hydrogen-bond acceptors (Lipinski definition) is 4. The van der Waals surface area contributed by atoms with Crippen LogP contribution in [0.3, 0.4) is 0 Å². The normalized spacial score (nSPS) is 14.8. The Morgan fingerprint density at radius 1 is 1.26 bits per heavy atom. The summed E-state index contributed by atoms with van der Waals surface area (Å²) < 4.78 is 22.2. The van der Waals surface area contributed by atoms with Crippen LogP contribution in [0.15, 0.2) is 29.2 Å². The van der Waals surface area contributed by atoms with Crippen molar-refractivity contribution in [2.45, 2.75) is 38.7 Å². The Hall–Kier alpha value is -1.20. The number of methoxy groups -OCH3 is 1. The average Bonchev–Trinajstić information content (AvgIpc) is 2.38. The summed E-state index contributed by atoms with van der Waals surface area (Å²) in [6.45, 7) is 7.07. The molecule has 0 aliphatic heterocycles. The molecule has 0 fully saturated rings. The minimum absolute atomic E-state index is 0.388. The first kappa shape index (κ1) is 15.9. The molecule has 106 valence electrons. The van der Waals surface area contributed by atoms with E-state index in [9.17, 15) is 9.00 Å². The van der Waals surface area contributed by atoms with Crippen molar-refractivity contribution in [3.63, 3.8) is 0 Å². The molecule has 0 aromatic heterocycles. The van der Waals surface area contributed by atoms with Crippen molar-refractivity contribution in [1.82, 2.24) is 0 Å². The van der Waals surface area contributed by atoms with E-state index in [1.54, 1.807) is 32.9 Å². The van der Waals surface area contributed by atoms with Gasteiger partial charge in [0.15, 0.2) is 11.1 Å². The highest BCUT2D eigenvalue weighted by Crippen LogP contribution is 2.26. The van der Waals surface area contributed by atoms with E-state index in [-0.39, 0.29) is 5.97 Å². The largest absolute Gasteiger partial charge is 0.469 e. The molecule has 0 spiro atoms. The number of ether oxygens (including phenoxy) is 1. The highest BCUT2D eigenvalue weighted by Gasteiger charge is 2.37. The lowest BCUT2D eigenvalue weighted by atomic mass is 9.88. The third kappa shape index (κ3) is 3.88. The molecular formula is C14H20O4S. The molecule has 0 saturated carbocycles. The van der Waals surface area contributed by atoms with Crippen LogP contribution >= 0.6 is 0 Å². The minimum Gasteiger partial charge on any atom is -0.469 e. The van der Waals surface area contributed by atoms with E-state index in [1.807, 2.05) is 19.1 Å². The van der Waals surface area contributed by atoms with Gasteiger partial charge in [-0.1, -0.05) is 17.7 Å². The maximum atomic E-state index is 12.1.